The summed E-state index contributed by atoms with van der Waals surface area (Å²) in [5.74, 6) is -0.183. The SMILES string of the molecule is CCN(Cc1cccc(C(=N)N)c1)c1ccccc1F. The van der Waals surface area contributed by atoms with Crippen LogP contribution < -0.4 is 10.6 Å². The van der Waals surface area contributed by atoms with E-state index in [0.717, 1.165) is 5.56 Å². The largest absolute Gasteiger partial charge is 0.384 e. The van der Waals surface area contributed by atoms with Crippen LogP contribution in [0.5, 0.6) is 0 Å². The smallest absolute Gasteiger partial charge is 0.146 e. The highest BCUT2D eigenvalue weighted by Crippen LogP contribution is 2.21. The number of benzene rings is 2. The summed E-state index contributed by atoms with van der Waals surface area (Å²) in [7, 11) is 0. The summed E-state index contributed by atoms with van der Waals surface area (Å²) in [5, 5.41) is 7.46. The summed E-state index contributed by atoms with van der Waals surface area (Å²) in [6, 6.07) is 14.2. The van der Waals surface area contributed by atoms with Crippen molar-refractivity contribution in [2.24, 2.45) is 5.73 Å². The Morgan fingerprint density at radius 2 is 1.95 bits per heavy atom. The molecule has 0 amide bonds. The minimum atomic E-state index is -0.225. The van der Waals surface area contributed by atoms with Gasteiger partial charge in [0.1, 0.15) is 11.7 Å². The van der Waals surface area contributed by atoms with Crippen molar-refractivity contribution in [1.29, 1.82) is 5.41 Å². The van der Waals surface area contributed by atoms with Crippen molar-refractivity contribution < 1.29 is 4.39 Å². The van der Waals surface area contributed by atoms with Crippen LogP contribution in [-0.4, -0.2) is 12.4 Å². The number of nitrogen functional groups attached to an aromatic ring is 1. The maximum Gasteiger partial charge on any atom is 0.146 e. The predicted octanol–water partition coefficient (Wildman–Crippen LogP) is 3.14. The zero-order valence-electron chi connectivity index (χ0n) is 11.4. The van der Waals surface area contributed by atoms with E-state index in [2.05, 4.69) is 0 Å². The first-order chi connectivity index (χ1) is 9.61. The number of nitrogens with one attached hydrogen (secondary N) is 1. The average Bonchev–Trinajstić information content (AvgIpc) is 2.46. The molecule has 0 bridgehead atoms. The average molecular weight is 271 g/mol. The molecule has 0 fully saturated rings. The molecule has 4 heteroatoms. The predicted molar refractivity (Wildman–Crippen MR) is 80.6 cm³/mol. The molecule has 3 nitrogen and oxygen atoms in total. The Morgan fingerprint density at radius 3 is 2.60 bits per heavy atom. The van der Waals surface area contributed by atoms with E-state index in [4.69, 9.17) is 11.1 Å². The number of nitrogens with zero attached hydrogens (tertiary/aromatic N) is 1. The van der Waals surface area contributed by atoms with Gasteiger partial charge in [0.2, 0.25) is 0 Å². The third-order valence-corrected chi connectivity index (χ3v) is 3.19. The van der Waals surface area contributed by atoms with Crippen molar-refractivity contribution in [3.63, 3.8) is 0 Å². The summed E-state index contributed by atoms with van der Waals surface area (Å²) in [4.78, 5) is 1.95. The van der Waals surface area contributed by atoms with Gasteiger partial charge in [0, 0.05) is 18.7 Å². The lowest BCUT2D eigenvalue weighted by Crippen LogP contribution is -2.23. The number of nitrogens with two attached hydrogens (primary N) is 1. The van der Waals surface area contributed by atoms with Gasteiger partial charge in [0.15, 0.2) is 0 Å². The van der Waals surface area contributed by atoms with E-state index in [1.165, 1.54) is 6.07 Å². The highest BCUT2D eigenvalue weighted by Gasteiger charge is 2.10. The van der Waals surface area contributed by atoms with E-state index >= 15 is 0 Å². The van der Waals surface area contributed by atoms with Crippen molar-refractivity contribution >= 4 is 11.5 Å². The van der Waals surface area contributed by atoms with E-state index in [1.54, 1.807) is 18.2 Å². The molecule has 0 radical (unpaired) electrons. The van der Waals surface area contributed by atoms with Crippen molar-refractivity contribution in [3.05, 3.63) is 65.5 Å². The molecule has 2 aromatic carbocycles. The zero-order valence-corrected chi connectivity index (χ0v) is 11.4. The fraction of sp³-hybridized carbons (Fsp3) is 0.188. The van der Waals surface area contributed by atoms with Gasteiger partial charge >= 0.3 is 0 Å². The standard InChI is InChI=1S/C16H18FN3/c1-2-20(15-9-4-3-8-14(15)17)11-12-6-5-7-13(10-12)16(18)19/h3-10H,2,11H2,1H3,(H3,18,19). The highest BCUT2D eigenvalue weighted by atomic mass is 19.1. The van der Waals surface area contributed by atoms with Gasteiger partial charge in [-0.15, -0.1) is 0 Å². The molecule has 0 saturated carbocycles. The van der Waals surface area contributed by atoms with Crippen LogP contribution in [0.25, 0.3) is 0 Å². The van der Waals surface area contributed by atoms with Gasteiger partial charge in [0.25, 0.3) is 0 Å². The summed E-state index contributed by atoms with van der Waals surface area (Å²) >= 11 is 0. The number of hydrogen-bond donors (Lipinski definition) is 2. The van der Waals surface area contributed by atoms with E-state index in [9.17, 15) is 4.39 Å². The molecular weight excluding hydrogens is 253 g/mol. The topological polar surface area (TPSA) is 53.1 Å². The lowest BCUT2D eigenvalue weighted by molar-refractivity contribution is 0.618. The molecule has 0 unspecified atom stereocenters. The molecule has 0 aliphatic carbocycles. The maximum atomic E-state index is 13.8. The Hall–Kier alpha value is -2.36. The first-order valence-electron chi connectivity index (χ1n) is 6.54. The van der Waals surface area contributed by atoms with E-state index < -0.39 is 0 Å². The van der Waals surface area contributed by atoms with Gasteiger partial charge in [-0.05, 0) is 30.7 Å². The number of hydrogen-bond acceptors (Lipinski definition) is 2. The lowest BCUT2D eigenvalue weighted by Gasteiger charge is -2.24. The van der Waals surface area contributed by atoms with E-state index in [-0.39, 0.29) is 11.7 Å². The number of anilines is 1. The van der Waals surface area contributed by atoms with Gasteiger partial charge in [-0.3, -0.25) is 5.41 Å². The Labute approximate surface area is 118 Å². The fourth-order valence-corrected chi connectivity index (χ4v) is 2.13. The molecule has 0 aliphatic rings. The molecule has 2 rings (SSSR count). The first kappa shape index (κ1) is 14.1. The number of para-hydroxylation sites is 1. The molecule has 0 aliphatic heterocycles. The third kappa shape index (κ3) is 3.15. The van der Waals surface area contributed by atoms with E-state index in [0.29, 0.717) is 24.3 Å². The second kappa shape index (κ2) is 6.19. The van der Waals surface area contributed by atoms with Crippen LogP contribution in [0.3, 0.4) is 0 Å². The van der Waals surface area contributed by atoms with Crippen LogP contribution in [0, 0.1) is 11.2 Å². The monoisotopic (exact) mass is 271 g/mol. The van der Waals surface area contributed by atoms with Gasteiger partial charge in [-0.2, -0.15) is 0 Å². The molecule has 0 saturated heterocycles. The van der Waals surface area contributed by atoms with E-state index in [1.807, 2.05) is 36.1 Å². The Morgan fingerprint density at radius 1 is 1.20 bits per heavy atom. The molecule has 2 aromatic rings. The van der Waals surface area contributed by atoms with Crippen molar-refractivity contribution in [2.45, 2.75) is 13.5 Å². The van der Waals surface area contributed by atoms with Gasteiger partial charge in [-0.25, -0.2) is 4.39 Å². The van der Waals surface area contributed by atoms with Crippen LogP contribution >= 0.6 is 0 Å². The van der Waals surface area contributed by atoms with Crippen LogP contribution in [-0.2, 0) is 6.54 Å². The van der Waals surface area contributed by atoms with Crippen LogP contribution in [0.15, 0.2) is 48.5 Å². The number of rotatable bonds is 5. The first-order valence-corrected chi connectivity index (χ1v) is 6.54. The lowest BCUT2D eigenvalue weighted by atomic mass is 10.1. The third-order valence-electron chi connectivity index (χ3n) is 3.19. The zero-order chi connectivity index (χ0) is 14.5. The summed E-state index contributed by atoms with van der Waals surface area (Å²) in [5.41, 5.74) is 7.77. The van der Waals surface area contributed by atoms with Gasteiger partial charge in [0.05, 0.1) is 5.69 Å². The summed E-state index contributed by atoms with van der Waals surface area (Å²) < 4.78 is 13.8. The van der Waals surface area contributed by atoms with Gasteiger partial charge < -0.3 is 10.6 Å². The molecule has 3 N–H and O–H groups in total. The van der Waals surface area contributed by atoms with Crippen LogP contribution in [0.4, 0.5) is 10.1 Å². The minimum absolute atomic E-state index is 0.0424. The Balaban J connectivity index is 2.25. The van der Waals surface area contributed by atoms with Crippen molar-refractivity contribution in [3.8, 4) is 0 Å². The van der Waals surface area contributed by atoms with Crippen LogP contribution in [0.1, 0.15) is 18.1 Å². The molecule has 0 atom stereocenters. The number of halogens is 1. The van der Waals surface area contributed by atoms with Crippen molar-refractivity contribution in [2.75, 3.05) is 11.4 Å². The molecular formula is C16H18FN3. The van der Waals surface area contributed by atoms with Crippen molar-refractivity contribution in [1.82, 2.24) is 0 Å². The second-order valence-electron chi connectivity index (χ2n) is 4.58. The summed E-state index contributed by atoms with van der Waals surface area (Å²) in [6.07, 6.45) is 0. The second-order valence-corrected chi connectivity index (χ2v) is 4.58. The molecule has 0 heterocycles. The van der Waals surface area contributed by atoms with Crippen LogP contribution in [0.2, 0.25) is 0 Å². The summed E-state index contributed by atoms with van der Waals surface area (Å²) in [6.45, 7) is 3.27. The molecule has 0 aromatic heterocycles. The Kier molecular flexibility index (Phi) is 4.35. The number of amidine groups is 1. The molecule has 20 heavy (non-hydrogen) atoms. The van der Waals surface area contributed by atoms with Gasteiger partial charge in [-0.1, -0.05) is 30.3 Å². The highest BCUT2D eigenvalue weighted by molar-refractivity contribution is 5.95. The maximum absolute atomic E-state index is 13.8. The minimum Gasteiger partial charge on any atom is -0.384 e. The Bertz CT molecular complexity index is 610. The molecule has 104 valence electrons. The quantitative estimate of drug-likeness (QED) is 0.648. The fourth-order valence-electron chi connectivity index (χ4n) is 2.13. The normalized spacial score (nSPS) is 10.3. The molecule has 0 spiro atoms.